The normalized spacial score (nSPS) is 13.0. The van der Waals surface area contributed by atoms with E-state index in [1.54, 1.807) is 0 Å². The lowest BCUT2D eigenvalue weighted by atomic mass is 10.3. The highest BCUT2D eigenvalue weighted by atomic mass is 32.2. The summed E-state index contributed by atoms with van der Waals surface area (Å²) in [4.78, 5) is 3.67. The van der Waals surface area contributed by atoms with Crippen molar-refractivity contribution in [1.29, 1.82) is 0 Å². The molecule has 0 heterocycles. The van der Waals surface area contributed by atoms with Gasteiger partial charge in [-0.25, -0.2) is 0 Å². The van der Waals surface area contributed by atoms with Crippen LogP contribution in [0.3, 0.4) is 0 Å². The maximum atomic E-state index is 6.11. The van der Waals surface area contributed by atoms with E-state index in [9.17, 15) is 0 Å². The second kappa shape index (κ2) is 7.71. The number of likely N-dealkylation sites (N-methyl/N-ethyl adjacent to an activating group) is 1. The first kappa shape index (κ1) is 13.6. The van der Waals surface area contributed by atoms with Gasteiger partial charge in [-0.3, -0.25) is 0 Å². The Balaban J connectivity index is 2.27. The number of rotatable bonds is 7. The molecule has 1 atom stereocenters. The predicted molar refractivity (Wildman–Crippen MR) is 72.9 cm³/mol. The molecule has 16 heavy (non-hydrogen) atoms. The summed E-state index contributed by atoms with van der Waals surface area (Å²) in [5.74, 6) is 0.987. The molecule has 2 nitrogen and oxygen atoms in total. The Morgan fingerprint density at radius 3 is 2.38 bits per heavy atom. The van der Waals surface area contributed by atoms with Crippen LogP contribution in [0.4, 0.5) is 0 Å². The lowest BCUT2D eigenvalue weighted by molar-refractivity contribution is 0.290. The smallest absolute Gasteiger partial charge is 0.0263 e. The zero-order valence-corrected chi connectivity index (χ0v) is 11.0. The second-order valence-electron chi connectivity index (χ2n) is 3.87. The molecule has 1 aromatic carbocycles. The van der Waals surface area contributed by atoms with E-state index < -0.39 is 0 Å². The highest BCUT2D eigenvalue weighted by molar-refractivity contribution is 7.99. The van der Waals surface area contributed by atoms with Crippen molar-refractivity contribution < 1.29 is 0 Å². The summed E-state index contributed by atoms with van der Waals surface area (Å²) in [6, 6.07) is 10.7. The van der Waals surface area contributed by atoms with Gasteiger partial charge in [0.2, 0.25) is 0 Å². The summed E-state index contributed by atoms with van der Waals surface area (Å²) in [5, 5.41) is 0. The minimum absolute atomic E-state index is 0.255. The fourth-order valence-electron chi connectivity index (χ4n) is 1.59. The monoisotopic (exact) mass is 238 g/mol. The molecule has 0 radical (unpaired) electrons. The maximum absolute atomic E-state index is 6.11. The van der Waals surface area contributed by atoms with Gasteiger partial charge in [-0.2, -0.15) is 0 Å². The van der Waals surface area contributed by atoms with Crippen LogP contribution in [0.15, 0.2) is 35.2 Å². The summed E-state index contributed by atoms with van der Waals surface area (Å²) < 4.78 is 0. The van der Waals surface area contributed by atoms with E-state index in [1.165, 1.54) is 4.90 Å². The molecule has 0 spiro atoms. The zero-order valence-electron chi connectivity index (χ0n) is 10.2. The van der Waals surface area contributed by atoms with E-state index in [0.29, 0.717) is 0 Å². The lowest BCUT2D eigenvalue weighted by Crippen LogP contribution is -2.38. The minimum atomic E-state index is 0.255. The molecule has 3 heteroatoms. The Kier molecular flexibility index (Phi) is 6.53. The van der Waals surface area contributed by atoms with Crippen molar-refractivity contribution in [1.82, 2.24) is 4.90 Å². The van der Waals surface area contributed by atoms with Crippen LogP contribution < -0.4 is 5.73 Å². The first-order valence-corrected chi connectivity index (χ1v) is 6.90. The van der Waals surface area contributed by atoms with Crippen molar-refractivity contribution in [3.63, 3.8) is 0 Å². The third-order valence-corrected chi connectivity index (χ3v) is 3.79. The van der Waals surface area contributed by atoms with Gasteiger partial charge < -0.3 is 10.6 Å². The Hall–Kier alpha value is -0.510. The first-order chi connectivity index (χ1) is 7.76. The zero-order chi connectivity index (χ0) is 11.8. The van der Waals surface area contributed by atoms with Crippen LogP contribution in [0.2, 0.25) is 0 Å². The third kappa shape index (κ3) is 5.01. The fourth-order valence-corrected chi connectivity index (χ4v) is 2.45. The highest BCUT2D eigenvalue weighted by Gasteiger charge is 2.07. The average molecular weight is 238 g/mol. The molecule has 0 aliphatic carbocycles. The number of nitrogens with two attached hydrogens (primary N) is 1. The van der Waals surface area contributed by atoms with Crippen LogP contribution in [-0.2, 0) is 0 Å². The van der Waals surface area contributed by atoms with E-state index >= 15 is 0 Å². The molecule has 0 bridgehead atoms. The quantitative estimate of drug-likeness (QED) is 0.740. The van der Waals surface area contributed by atoms with Crippen LogP contribution in [-0.4, -0.2) is 36.3 Å². The van der Waals surface area contributed by atoms with Crippen molar-refractivity contribution in [2.45, 2.75) is 24.8 Å². The largest absolute Gasteiger partial charge is 0.326 e. The molecule has 0 unspecified atom stereocenters. The molecule has 1 aromatic rings. The van der Waals surface area contributed by atoms with Crippen molar-refractivity contribution in [3.05, 3.63) is 30.3 Å². The molecule has 0 fully saturated rings. The minimum Gasteiger partial charge on any atom is -0.326 e. The second-order valence-corrected chi connectivity index (χ2v) is 4.96. The SMILES string of the molecule is CCN(CC)C[C@@H](N)CSc1ccccc1. The number of nitrogens with zero attached hydrogens (tertiary/aromatic N) is 1. The molecule has 0 saturated heterocycles. The highest BCUT2D eigenvalue weighted by Crippen LogP contribution is 2.17. The summed E-state index contributed by atoms with van der Waals surface area (Å²) in [6.45, 7) is 7.52. The van der Waals surface area contributed by atoms with Gasteiger partial charge in [0.1, 0.15) is 0 Å². The standard InChI is InChI=1S/C13H22N2S/c1-3-15(4-2)10-12(14)11-16-13-8-6-5-7-9-13/h5-9,12H,3-4,10-11,14H2,1-2H3/t12-/m1/s1. The molecule has 0 aliphatic rings. The van der Waals surface area contributed by atoms with Gasteiger partial charge in [-0.15, -0.1) is 11.8 Å². The van der Waals surface area contributed by atoms with Crippen LogP contribution in [0.5, 0.6) is 0 Å². The van der Waals surface area contributed by atoms with E-state index in [2.05, 4.69) is 43.0 Å². The molecular weight excluding hydrogens is 216 g/mol. The molecule has 1 rings (SSSR count). The summed E-state index contributed by atoms with van der Waals surface area (Å²) >= 11 is 1.84. The van der Waals surface area contributed by atoms with E-state index in [0.717, 1.165) is 25.4 Å². The Bertz CT molecular complexity index is 273. The van der Waals surface area contributed by atoms with Crippen molar-refractivity contribution in [3.8, 4) is 0 Å². The number of hydrogen-bond donors (Lipinski definition) is 1. The average Bonchev–Trinajstić information content (AvgIpc) is 2.34. The van der Waals surface area contributed by atoms with Gasteiger partial charge in [-0.1, -0.05) is 32.0 Å². The summed E-state index contributed by atoms with van der Waals surface area (Å²) in [6.07, 6.45) is 0. The van der Waals surface area contributed by atoms with Crippen molar-refractivity contribution >= 4 is 11.8 Å². The van der Waals surface area contributed by atoms with Crippen LogP contribution in [0, 0.1) is 0 Å². The fraction of sp³-hybridized carbons (Fsp3) is 0.538. The molecule has 0 aliphatic heterocycles. The number of thioether (sulfide) groups is 1. The van der Waals surface area contributed by atoms with Gasteiger partial charge in [0.15, 0.2) is 0 Å². The lowest BCUT2D eigenvalue weighted by Gasteiger charge is -2.22. The van der Waals surface area contributed by atoms with Gasteiger partial charge in [0.05, 0.1) is 0 Å². The summed E-state index contributed by atoms with van der Waals surface area (Å²) in [5.41, 5.74) is 6.11. The van der Waals surface area contributed by atoms with Crippen molar-refractivity contribution in [2.24, 2.45) is 5.73 Å². The van der Waals surface area contributed by atoms with E-state index in [4.69, 9.17) is 5.73 Å². The van der Waals surface area contributed by atoms with Crippen LogP contribution in [0.1, 0.15) is 13.8 Å². The van der Waals surface area contributed by atoms with Crippen molar-refractivity contribution in [2.75, 3.05) is 25.4 Å². The van der Waals surface area contributed by atoms with Crippen LogP contribution >= 0.6 is 11.8 Å². The maximum Gasteiger partial charge on any atom is 0.0263 e. The molecule has 0 saturated carbocycles. The van der Waals surface area contributed by atoms with Gasteiger partial charge in [-0.05, 0) is 25.2 Å². The topological polar surface area (TPSA) is 29.3 Å². The number of benzene rings is 1. The van der Waals surface area contributed by atoms with Gasteiger partial charge in [0, 0.05) is 23.2 Å². The predicted octanol–water partition coefficient (Wildman–Crippen LogP) is 2.45. The Morgan fingerprint density at radius 2 is 1.81 bits per heavy atom. The third-order valence-electron chi connectivity index (χ3n) is 2.59. The first-order valence-electron chi connectivity index (χ1n) is 5.92. The Morgan fingerprint density at radius 1 is 1.19 bits per heavy atom. The molecule has 90 valence electrons. The molecule has 0 aromatic heterocycles. The van der Waals surface area contributed by atoms with Gasteiger partial charge >= 0.3 is 0 Å². The molecule has 0 amide bonds. The van der Waals surface area contributed by atoms with Crippen LogP contribution in [0.25, 0.3) is 0 Å². The summed E-state index contributed by atoms with van der Waals surface area (Å²) in [7, 11) is 0. The molecule has 2 N–H and O–H groups in total. The number of hydrogen-bond acceptors (Lipinski definition) is 3. The molecular formula is C13H22N2S. The Labute approximate surface area is 103 Å². The van der Waals surface area contributed by atoms with Gasteiger partial charge in [0.25, 0.3) is 0 Å². The van der Waals surface area contributed by atoms with E-state index in [-0.39, 0.29) is 6.04 Å². The van der Waals surface area contributed by atoms with E-state index in [1.807, 2.05) is 17.8 Å².